The lowest BCUT2D eigenvalue weighted by atomic mass is 10.0. The first-order valence-corrected chi connectivity index (χ1v) is 8.44. The van der Waals surface area contributed by atoms with Gasteiger partial charge in [-0.3, -0.25) is 9.78 Å². The molecule has 0 unspecified atom stereocenters. The van der Waals surface area contributed by atoms with Crippen molar-refractivity contribution in [1.82, 2.24) is 10.3 Å². The summed E-state index contributed by atoms with van der Waals surface area (Å²) in [5.74, 6) is -0.900. The Labute approximate surface area is 156 Å². The molecule has 0 bridgehead atoms. The van der Waals surface area contributed by atoms with E-state index in [1.54, 1.807) is 24.4 Å². The summed E-state index contributed by atoms with van der Waals surface area (Å²) >= 11 is 6.17. The SMILES string of the molecule is COC(=O)[C@@H](Cc1ccccc1Cl)NC(=O)c1ccnc2ccccc12. The predicted molar refractivity (Wildman–Crippen MR) is 100 cm³/mol. The van der Waals surface area contributed by atoms with Gasteiger partial charge in [0, 0.05) is 23.0 Å². The zero-order valence-electron chi connectivity index (χ0n) is 14.1. The molecule has 0 saturated heterocycles. The van der Waals surface area contributed by atoms with Crippen LogP contribution in [0.25, 0.3) is 10.9 Å². The van der Waals surface area contributed by atoms with E-state index in [1.807, 2.05) is 36.4 Å². The van der Waals surface area contributed by atoms with Crippen LogP contribution in [-0.4, -0.2) is 30.0 Å². The molecule has 26 heavy (non-hydrogen) atoms. The fourth-order valence-electron chi connectivity index (χ4n) is 2.75. The summed E-state index contributed by atoms with van der Waals surface area (Å²) in [6.07, 6.45) is 1.81. The van der Waals surface area contributed by atoms with Crippen LogP contribution in [-0.2, 0) is 16.0 Å². The maximum Gasteiger partial charge on any atom is 0.328 e. The molecule has 0 aliphatic heterocycles. The maximum absolute atomic E-state index is 12.8. The van der Waals surface area contributed by atoms with Gasteiger partial charge in [0.15, 0.2) is 0 Å². The van der Waals surface area contributed by atoms with Crippen LogP contribution in [0.1, 0.15) is 15.9 Å². The first-order valence-electron chi connectivity index (χ1n) is 8.06. The molecule has 3 rings (SSSR count). The minimum Gasteiger partial charge on any atom is -0.467 e. The molecular weight excluding hydrogens is 352 g/mol. The van der Waals surface area contributed by atoms with Gasteiger partial charge in [0.2, 0.25) is 0 Å². The van der Waals surface area contributed by atoms with Crippen molar-refractivity contribution in [1.29, 1.82) is 0 Å². The normalized spacial score (nSPS) is 11.8. The fourth-order valence-corrected chi connectivity index (χ4v) is 2.96. The largest absolute Gasteiger partial charge is 0.467 e. The molecular formula is C20H17ClN2O3. The average molecular weight is 369 g/mol. The summed E-state index contributed by atoms with van der Waals surface area (Å²) in [4.78, 5) is 29.2. The third-order valence-corrected chi connectivity index (χ3v) is 4.44. The van der Waals surface area contributed by atoms with Crippen LogP contribution in [0.5, 0.6) is 0 Å². The second kappa shape index (κ2) is 7.97. The second-order valence-electron chi connectivity index (χ2n) is 5.72. The highest BCUT2D eigenvalue weighted by molar-refractivity contribution is 6.31. The molecule has 132 valence electrons. The van der Waals surface area contributed by atoms with Gasteiger partial charge < -0.3 is 10.1 Å². The number of fused-ring (bicyclic) bond motifs is 1. The summed E-state index contributed by atoms with van der Waals surface area (Å²) in [7, 11) is 1.29. The molecule has 6 heteroatoms. The molecule has 0 saturated carbocycles. The van der Waals surface area contributed by atoms with Gasteiger partial charge in [0.05, 0.1) is 18.2 Å². The number of hydrogen-bond acceptors (Lipinski definition) is 4. The molecule has 0 aliphatic carbocycles. The Morgan fingerprint density at radius 2 is 1.85 bits per heavy atom. The summed E-state index contributed by atoms with van der Waals surface area (Å²) in [6.45, 7) is 0. The smallest absolute Gasteiger partial charge is 0.328 e. The quantitative estimate of drug-likeness (QED) is 0.701. The molecule has 0 radical (unpaired) electrons. The van der Waals surface area contributed by atoms with Gasteiger partial charge in [-0.2, -0.15) is 0 Å². The van der Waals surface area contributed by atoms with Crippen LogP contribution >= 0.6 is 11.6 Å². The van der Waals surface area contributed by atoms with E-state index in [9.17, 15) is 9.59 Å². The first kappa shape index (κ1) is 17.9. The molecule has 1 atom stereocenters. The molecule has 1 aromatic heterocycles. The van der Waals surface area contributed by atoms with Crippen molar-refractivity contribution in [2.45, 2.75) is 12.5 Å². The van der Waals surface area contributed by atoms with E-state index in [1.165, 1.54) is 7.11 Å². The Morgan fingerprint density at radius 3 is 2.62 bits per heavy atom. The van der Waals surface area contributed by atoms with E-state index in [0.717, 1.165) is 5.56 Å². The zero-order valence-corrected chi connectivity index (χ0v) is 14.9. The lowest BCUT2D eigenvalue weighted by Gasteiger charge is -2.18. The van der Waals surface area contributed by atoms with Crippen LogP contribution in [0.4, 0.5) is 0 Å². The number of pyridine rings is 1. The highest BCUT2D eigenvalue weighted by atomic mass is 35.5. The van der Waals surface area contributed by atoms with Crippen LogP contribution < -0.4 is 5.32 Å². The number of methoxy groups -OCH3 is 1. The fraction of sp³-hybridized carbons (Fsp3) is 0.150. The highest BCUT2D eigenvalue weighted by Gasteiger charge is 2.24. The molecule has 1 N–H and O–H groups in total. The number of ether oxygens (including phenoxy) is 1. The molecule has 0 spiro atoms. The van der Waals surface area contributed by atoms with Crippen molar-refractivity contribution in [3.63, 3.8) is 0 Å². The number of rotatable bonds is 5. The van der Waals surface area contributed by atoms with Gasteiger partial charge in [0.1, 0.15) is 6.04 Å². The van der Waals surface area contributed by atoms with Gasteiger partial charge in [-0.25, -0.2) is 4.79 Å². The van der Waals surface area contributed by atoms with Gasteiger partial charge >= 0.3 is 5.97 Å². The number of aromatic nitrogens is 1. The third kappa shape index (κ3) is 3.83. The van der Waals surface area contributed by atoms with Crippen molar-refractivity contribution in [3.05, 3.63) is 76.9 Å². The number of nitrogens with zero attached hydrogens (tertiary/aromatic N) is 1. The van der Waals surface area contributed by atoms with Crippen LogP contribution in [0.3, 0.4) is 0 Å². The van der Waals surface area contributed by atoms with Gasteiger partial charge in [-0.05, 0) is 23.8 Å². The van der Waals surface area contributed by atoms with E-state index in [-0.39, 0.29) is 12.3 Å². The Morgan fingerprint density at radius 1 is 1.12 bits per heavy atom. The van der Waals surface area contributed by atoms with E-state index in [2.05, 4.69) is 10.3 Å². The van der Waals surface area contributed by atoms with Gasteiger partial charge in [0.25, 0.3) is 5.91 Å². The van der Waals surface area contributed by atoms with E-state index in [4.69, 9.17) is 16.3 Å². The monoisotopic (exact) mass is 368 g/mol. The first-order chi connectivity index (χ1) is 12.6. The van der Waals surface area contributed by atoms with Gasteiger partial charge in [-0.1, -0.05) is 48.0 Å². The van der Waals surface area contributed by atoms with Crippen molar-refractivity contribution in [3.8, 4) is 0 Å². The second-order valence-corrected chi connectivity index (χ2v) is 6.13. The highest BCUT2D eigenvalue weighted by Crippen LogP contribution is 2.19. The summed E-state index contributed by atoms with van der Waals surface area (Å²) in [6, 6.07) is 15.3. The molecule has 1 amide bonds. The van der Waals surface area contributed by atoms with Crippen molar-refractivity contribution in [2.75, 3.05) is 7.11 Å². The van der Waals surface area contributed by atoms with Crippen molar-refractivity contribution in [2.24, 2.45) is 0 Å². The zero-order chi connectivity index (χ0) is 18.5. The average Bonchev–Trinajstić information content (AvgIpc) is 2.67. The van der Waals surface area contributed by atoms with Gasteiger partial charge in [-0.15, -0.1) is 0 Å². The van der Waals surface area contributed by atoms with Crippen molar-refractivity contribution >= 4 is 34.4 Å². The molecule has 5 nitrogen and oxygen atoms in total. The number of benzene rings is 2. The Kier molecular flexibility index (Phi) is 5.49. The number of carbonyl (C=O) groups is 2. The molecule has 0 aliphatic rings. The molecule has 0 fully saturated rings. The van der Waals surface area contributed by atoms with Crippen LogP contribution in [0.15, 0.2) is 60.8 Å². The van der Waals surface area contributed by atoms with Crippen molar-refractivity contribution < 1.29 is 14.3 Å². The Balaban J connectivity index is 1.88. The van der Waals surface area contributed by atoms with E-state index >= 15 is 0 Å². The molecule has 3 aromatic rings. The maximum atomic E-state index is 12.8. The minimum absolute atomic E-state index is 0.237. The Hall–Kier alpha value is -2.92. The summed E-state index contributed by atoms with van der Waals surface area (Å²) < 4.78 is 4.84. The molecule has 1 heterocycles. The lowest BCUT2D eigenvalue weighted by molar-refractivity contribution is -0.142. The number of para-hydroxylation sites is 1. The minimum atomic E-state index is -0.848. The standard InChI is InChI=1S/C20H17ClN2O3/c1-26-20(25)18(12-13-6-2-4-8-16(13)21)23-19(24)15-10-11-22-17-9-5-3-7-14(15)17/h2-11,18H,12H2,1H3,(H,23,24)/t18-/m1/s1. The summed E-state index contributed by atoms with van der Waals surface area (Å²) in [5, 5.41) is 4.00. The number of nitrogens with one attached hydrogen (secondary N) is 1. The number of halogens is 1. The van der Waals surface area contributed by atoms with Crippen LogP contribution in [0.2, 0.25) is 5.02 Å². The Bertz CT molecular complexity index is 953. The van der Waals surface area contributed by atoms with E-state index < -0.39 is 12.0 Å². The number of amides is 1. The lowest BCUT2D eigenvalue weighted by Crippen LogP contribution is -2.43. The predicted octanol–water partition coefficient (Wildman–Crippen LogP) is 3.40. The number of hydrogen-bond donors (Lipinski definition) is 1. The number of esters is 1. The summed E-state index contributed by atoms with van der Waals surface area (Å²) in [5.41, 5.74) is 1.91. The van der Waals surface area contributed by atoms with E-state index in [0.29, 0.717) is 21.5 Å². The third-order valence-electron chi connectivity index (χ3n) is 4.07. The van der Waals surface area contributed by atoms with Crippen LogP contribution in [0, 0.1) is 0 Å². The number of carbonyl (C=O) groups excluding carboxylic acids is 2. The molecule has 2 aromatic carbocycles. The topological polar surface area (TPSA) is 68.3 Å².